The monoisotopic (exact) mass is 542 g/mol. The van der Waals surface area contributed by atoms with E-state index in [0.29, 0.717) is 54.6 Å². The van der Waals surface area contributed by atoms with Gasteiger partial charge in [0.05, 0.1) is 43.1 Å². The molecule has 1 N–H and O–H groups in total. The number of hydrogen-bond acceptors (Lipinski definition) is 6. The number of rotatable bonds is 9. The van der Waals surface area contributed by atoms with Gasteiger partial charge in [-0.3, -0.25) is 4.79 Å². The Morgan fingerprint density at radius 1 is 1.13 bits per heavy atom. The van der Waals surface area contributed by atoms with Gasteiger partial charge in [0.15, 0.2) is 11.5 Å². The molecule has 4 rings (SSSR count). The standard InChI is InChI=1S/C28H28ClFN2O6/c1-18(33)32(21-7-8-25(22(15-21)28(34)35)31-9-11-37-12-10-31)16-19-13-23(29)27(26(14-19)36-2)38-17-20-5-3-4-6-24(20)30/h3-8,13-15H,9-12,16-17H2,1-2H3,(H,34,35). The van der Waals surface area contributed by atoms with Crippen LogP contribution in [0.4, 0.5) is 15.8 Å². The Labute approximate surface area is 225 Å². The highest BCUT2D eigenvalue weighted by Gasteiger charge is 2.22. The van der Waals surface area contributed by atoms with E-state index in [1.165, 1.54) is 31.1 Å². The molecule has 1 heterocycles. The van der Waals surface area contributed by atoms with Gasteiger partial charge in [-0.2, -0.15) is 0 Å². The molecule has 1 amide bonds. The van der Waals surface area contributed by atoms with Crippen molar-refractivity contribution < 1.29 is 33.3 Å². The highest BCUT2D eigenvalue weighted by molar-refractivity contribution is 6.32. The van der Waals surface area contributed by atoms with E-state index >= 15 is 0 Å². The molecule has 0 aliphatic carbocycles. The third-order valence-corrected chi connectivity index (χ3v) is 6.49. The first-order valence-corrected chi connectivity index (χ1v) is 12.4. The largest absolute Gasteiger partial charge is 0.493 e. The lowest BCUT2D eigenvalue weighted by atomic mass is 10.1. The molecule has 1 aliphatic heterocycles. The molecule has 3 aromatic rings. The highest BCUT2D eigenvalue weighted by atomic mass is 35.5. The zero-order chi connectivity index (χ0) is 27.2. The SMILES string of the molecule is COc1cc(CN(C(C)=O)c2ccc(N3CCOCC3)c(C(=O)O)c2)cc(Cl)c1OCc1ccccc1F. The minimum absolute atomic E-state index is 0.0465. The van der Waals surface area contributed by atoms with Gasteiger partial charge in [0.25, 0.3) is 0 Å². The number of carbonyl (C=O) groups excluding carboxylic acids is 1. The Morgan fingerprint density at radius 2 is 1.87 bits per heavy atom. The quantitative estimate of drug-likeness (QED) is 0.400. The molecule has 0 bridgehead atoms. The lowest BCUT2D eigenvalue weighted by Gasteiger charge is -2.31. The number of benzene rings is 3. The van der Waals surface area contributed by atoms with Crippen molar-refractivity contribution in [1.82, 2.24) is 0 Å². The smallest absolute Gasteiger partial charge is 0.337 e. The Morgan fingerprint density at radius 3 is 2.53 bits per heavy atom. The molecule has 0 radical (unpaired) electrons. The molecule has 0 atom stereocenters. The maximum atomic E-state index is 14.0. The van der Waals surface area contributed by atoms with E-state index in [4.69, 9.17) is 25.8 Å². The van der Waals surface area contributed by atoms with Gasteiger partial charge in [-0.05, 0) is 42.0 Å². The summed E-state index contributed by atoms with van der Waals surface area (Å²) in [6.45, 7) is 3.66. The second-order valence-electron chi connectivity index (χ2n) is 8.70. The first kappa shape index (κ1) is 27.2. The van der Waals surface area contributed by atoms with Crippen LogP contribution in [-0.4, -0.2) is 50.4 Å². The van der Waals surface area contributed by atoms with Gasteiger partial charge in [0.2, 0.25) is 5.91 Å². The van der Waals surface area contributed by atoms with Crippen molar-refractivity contribution >= 4 is 34.9 Å². The summed E-state index contributed by atoms with van der Waals surface area (Å²) in [5.41, 5.74) is 2.11. The van der Waals surface area contributed by atoms with Gasteiger partial charge in [0.1, 0.15) is 12.4 Å². The van der Waals surface area contributed by atoms with E-state index < -0.39 is 11.8 Å². The molecule has 0 unspecified atom stereocenters. The Kier molecular flexibility index (Phi) is 8.70. The number of aromatic carboxylic acids is 1. The molecular weight excluding hydrogens is 515 g/mol. The summed E-state index contributed by atoms with van der Waals surface area (Å²) >= 11 is 6.51. The van der Waals surface area contributed by atoms with Crippen molar-refractivity contribution in [2.75, 3.05) is 43.2 Å². The van der Waals surface area contributed by atoms with Crippen LogP contribution < -0.4 is 19.3 Å². The fraction of sp³-hybridized carbons (Fsp3) is 0.286. The molecule has 0 spiro atoms. The second kappa shape index (κ2) is 12.1. The van der Waals surface area contributed by atoms with Gasteiger partial charge in [-0.25, -0.2) is 9.18 Å². The number of halogens is 2. The number of carboxylic acids is 1. The molecule has 0 aromatic heterocycles. The van der Waals surface area contributed by atoms with Gasteiger partial charge < -0.3 is 29.1 Å². The van der Waals surface area contributed by atoms with Crippen LogP contribution in [0, 0.1) is 5.82 Å². The summed E-state index contributed by atoms with van der Waals surface area (Å²) in [6.07, 6.45) is 0. The summed E-state index contributed by atoms with van der Waals surface area (Å²) in [5, 5.41) is 10.1. The van der Waals surface area contributed by atoms with E-state index in [0.717, 1.165) is 0 Å². The number of ether oxygens (including phenoxy) is 3. The van der Waals surface area contributed by atoms with E-state index in [1.54, 1.807) is 42.5 Å². The summed E-state index contributed by atoms with van der Waals surface area (Å²) in [7, 11) is 1.46. The van der Waals surface area contributed by atoms with Gasteiger partial charge in [-0.15, -0.1) is 0 Å². The highest BCUT2D eigenvalue weighted by Crippen LogP contribution is 2.38. The van der Waals surface area contributed by atoms with Crippen molar-refractivity contribution in [3.05, 3.63) is 82.1 Å². The Bertz CT molecular complexity index is 1330. The number of methoxy groups -OCH3 is 1. The third-order valence-electron chi connectivity index (χ3n) is 6.21. The predicted molar refractivity (Wildman–Crippen MR) is 142 cm³/mol. The summed E-state index contributed by atoms with van der Waals surface area (Å²) in [6, 6.07) is 14.5. The van der Waals surface area contributed by atoms with Crippen LogP contribution in [0.5, 0.6) is 11.5 Å². The number of morpholine rings is 1. The van der Waals surface area contributed by atoms with Gasteiger partial charge in [0, 0.05) is 31.3 Å². The van der Waals surface area contributed by atoms with Crippen LogP contribution >= 0.6 is 11.6 Å². The van der Waals surface area contributed by atoms with Crippen LogP contribution in [0.1, 0.15) is 28.4 Å². The normalized spacial score (nSPS) is 13.2. The number of hydrogen-bond donors (Lipinski definition) is 1. The molecule has 200 valence electrons. The van der Waals surface area contributed by atoms with Crippen LogP contribution in [0.25, 0.3) is 0 Å². The van der Waals surface area contributed by atoms with Crippen molar-refractivity contribution in [3.8, 4) is 11.5 Å². The van der Waals surface area contributed by atoms with Gasteiger partial charge in [-0.1, -0.05) is 29.8 Å². The summed E-state index contributed by atoms with van der Waals surface area (Å²) in [5.74, 6) is -1.19. The first-order valence-electron chi connectivity index (χ1n) is 12.0. The number of nitrogens with zero attached hydrogens (tertiary/aromatic N) is 2. The van der Waals surface area contributed by atoms with E-state index in [2.05, 4.69) is 0 Å². The van der Waals surface area contributed by atoms with Crippen molar-refractivity contribution in [1.29, 1.82) is 0 Å². The number of anilines is 2. The van der Waals surface area contributed by atoms with Crippen molar-refractivity contribution in [2.45, 2.75) is 20.1 Å². The molecule has 0 saturated carbocycles. The van der Waals surface area contributed by atoms with Gasteiger partial charge >= 0.3 is 5.97 Å². The lowest BCUT2D eigenvalue weighted by molar-refractivity contribution is -0.116. The fourth-order valence-electron chi connectivity index (χ4n) is 4.28. The first-order chi connectivity index (χ1) is 18.3. The van der Waals surface area contributed by atoms with Crippen LogP contribution in [0.2, 0.25) is 5.02 Å². The molecular formula is C28H28ClFN2O6. The third kappa shape index (κ3) is 6.17. The molecule has 38 heavy (non-hydrogen) atoms. The predicted octanol–water partition coefficient (Wildman–Crippen LogP) is 5.15. The maximum Gasteiger partial charge on any atom is 0.337 e. The lowest BCUT2D eigenvalue weighted by Crippen LogP contribution is -2.37. The summed E-state index contributed by atoms with van der Waals surface area (Å²) in [4.78, 5) is 28.1. The molecule has 1 aliphatic rings. The molecule has 3 aromatic carbocycles. The second-order valence-corrected chi connectivity index (χ2v) is 9.11. The summed E-state index contributed by atoms with van der Waals surface area (Å²) < 4.78 is 30.6. The topological polar surface area (TPSA) is 88.5 Å². The van der Waals surface area contributed by atoms with Crippen molar-refractivity contribution in [3.63, 3.8) is 0 Å². The molecule has 8 nitrogen and oxygen atoms in total. The van der Waals surface area contributed by atoms with E-state index in [1.807, 2.05) is 4.90 Å². The molecule has 10 heteroatoms. The zero-order valence-corrected chi connectivity index (χ0v) is 21.8. The zero-order valence-electron chi connectivity index (χ0n) is 21.1. The minimum atomic E-state index is -1.09. The number of amides is 1. The molecule has 1 saturated heterocycles. The Balaban J connectivity index is 1.60. The number of carbonyl (C=O) groups is 2. The average Bonchev–Trinajstić information content (AvgIpc) is 2.91. The average molecular weight is 543 g/mol. The van der Waals surface area contributed by atoms with E-state index in [-0.39, 0.29) is 35.4 Å². The molecule has 1 fully saturated rings. The Hall–Kier alpha value is -3.82. The van der Waals surface area contributed by atoms with Crippen LogP contribution in [0.15, 0.2) is 54.6 Å². The fourth-order valence-corrected chi connectivity index (χ4v) is 4.57. The van der Waals surface area contributed by atoms with Crippen LogP contribution in [0.3, 0.4) is 0 Å². The minimum Gasteiger partial charge on any atom is -0.493 e. The van der Waals surface area contributed by atoms with Crippen LogP contribution in [-0.2, 0) is 22.7 Å². The maximum absolute atomic E-state index is 14.0. The van der Waals surface area contributed by atoms with E-state index in [9.17, 15) is 19.1 Å². The van der Waals surface area contributed by atoms with Crippen molar-refractivity contribution in [2.24, 2.45) is 0 Å². The number of carboxylic acid groups (broad SMARTS) is 1.